The van der Waals surface area contributed by atoms with Crippen molar-refractivity contribution in [3.63, 3.8) is 0 Å². The van der Waals surface area contributed by atoms with Gasteiger partial charge in [-0.25, -0.2) is 8.42 Å². The fraction of sp³-hybridized carbons (Fsp3) is 0.333. The van der Waals surface area contributed by atoms with Crippen molar-refractivity contribution in [2.45, 2.75) is 52.0 Å². The van der Waals surface area contributed by atoms with E-state index in [1.165, 1.54) is 0 Å². The molecule has 0 aliphatic heterocycles. The molecule has 0 fully saturated rings. The van der Waals surface area contributed by atoms with Crippen LogP contribution in [0.2, 0.25) is 0 Å². The normalized spacial score (nSPS) is 12.8. The minimum Gasteiger partial charge on any atom is -0.311 e. The van der Waals surface area contributed by atoms with Crippen molar-refractivity contribution in [1.29, 1.82) is 0 Å². The van der Waals surface area contributed by atoms with Crippen LogP contribution in [0.3, 0.4) is 0 Å². The summed E-state index contributed by atoms with van der Waals surface area (Å²) in [6, 6.07) is 10.8. The first-order valence-electron chi connectivity index (χ1n) is 9.33. The van der Waals surface area contributed by atoms with Crippen LogP contribution in [-0.4, -0.2) is 23.2 Å². The number of benzene rings is 2. The van der Waals surface area contributed by atoms with E-state index in [1.54, 1.807) is 30.6 Å². The second-order valence-electron chi connectivity index (χ2n) is 7.22. The summed E-state index contributed by atoms with van der Waals surface area (Å²) < 4.78 is 30.6. The Hall–Kier alpha value is -2.67. The lowest BCUT2D eigenvalue weighted by Gasteiger charge is -2.18. The summed E-state index contributed by atoms with van der Waals surface area (Å²) in [6.07, 6.45) is 2.61. The molecule has 0 spiro atoms. The van der Waals surface area contributed by atoms with E-state index < -0.39 is 10.0 Å². The van der Waals surface area contributed by atoms with Crippen molar-refractivity contribution in [3.05, 3.63) is 59.4 Å². The molecule has 0 saturated heterocycles. The zero-order valence-corrected chi connectivity index (χ0v) is 17.7. The highest BCUT2D eigenvalue weighted by atomic mass is 32.2. The molecule has 0 saturated carbocycles. The number of hydrogen-bond acceptors (Lipinski definition) is 4. The topological polar surface area (TPSA) is 76.9 Å². The third-order valence-electron chi connectivity index (χ3n) is 5.09. The van der Waals surface area contributed by atoms with Crippen molar-refractivity contribution in [2.24, 2.45) is 0 Å². The molecule has 28 heavy (non-hydrogen) atoms. The zero-order valence-electron chi connectivity index (χ0n) is 16.9. The molecule has 7 heteroatoms. The largest absolute Gasteiger partial charge is 0.311 e. The molecule has 148 valence electrons. The molecule has 0 bridgehead atoms. The Morgan fingerprint density at radius 3 is 2.36 bits per heavy atom. The lowest BCUT2D eigenvalue weighted by molar-refractivity contribution is 0.534. The number of hydrogen-bond donors (Lipinski definition) is 1. The second-order valence-corrected chi connectivity index (χ2v) is 8.90. The maximum Gasteiger partial charge on any atom is 0.261 e. The molecule has 1 unspecified atom stereocenters. The summed E-state index contributed by atoms with van der Waals surface area (Å²) in [6.45, 7) is 10.1. The number of nitrogens with zero attached hydrogens (tertiary/aromatic N) is 3. The van der Waals surface area contributed by atoms with Gasteiger partial charge >= 0.3 is 0 Å². The molecule has 3 aromatic rings. The fourth-order valence-electron chi connectivity index (χ4n) is 2.96. The van der Waals surface area contributed by atoms with Crippen LogP contribution in [0.5, 0.6) is 0 Å². The van der Waals surface area contributed by atoms with Crippen molar-refractivity contribution < 1.29 is 8.42 Å². The van der Waals surface area contributed by atoms with Gasteiger partial charge in [0.15, 0.2) is 5.82 Å². The Morgan fingerprint density at radius 1 is 1.07 bits per heavy atom. The van der Waals surface area contributed by atoms with Crippen molar-refractivity contribution in [3.8, 4) is 11.4 Å². The number of aromatic nitrogens is 3. The van der Waals surface area contributed by atoms with Gasteiger partial charge in [-0.2, -0.15) is 0 Å². The molecule has 2 aromatic carbocycles. The number of aryl methyl sites for hydroxylation is 3. The predicted octanol–water partition coefficient (Wildman–Crippen LogP) is 4.64. The van der Waals surface area contributed by atoms with Gasteiger partial charge in [-0.05, 0) is 69.5 Å². The first-order valence-corrected chi connectivity index (χ1v) is 10.8. The van der Waals surface area contributed by atoms with Gasteiger partial charge in [0.1, 0.15) is 6.33 Å². The fourth-order valence-corrected chi connectivity index (χ4v) is 4.03. The van der Waals surface area contributed by atoms with Crippen LogP contribution in [0.1, 0.15) is 43.0 Å². The van der Waals surface area contributed by atoms with Crippen LogP contribution >= 0.6 is 0 Å². The number of nitrogens with one attached hydrogen (secondary N) is 1. The number of sulfonamides is 1. The van der Waals surface area contributed by atoms with Gasteiger partial charge in [-0.1, -0.05) is 24.6 Å². The molecule has 0 aliphatic rings. The average Bonchev–Trinajstić information content (AvgIpc) is 3.13. The third kappa shape index (κ3) is 3.94. The predicted molar refractivity (Wildman–Crippen MR) is 112 cm³/mol. The van der Waals surface area contributed by atoms with E-state index in [4.69, 9.17) is 0 Å². The minimum atomic E-state index is -3.72. The summed E-state index contributed by atoms with van der Waals surface area (Å²) in [7, 11) is -3.72. The maximum absolute atomic E-state index is 13.0. The molecule has 0 amide bonds. The second kappa shape index (κ2) is 7.75. The van der Waals surface area contributed by atoms with Crippen LogP contribution in [0, 0.1) is 20.8 Å². The van der Waals surface area contributed by atoms with Crippen molar-refractivity contribution in [1.82, 2.24) is 14.8 Å². The van der Waals surface area contributed by atoms with Crippen LogP contribution in [0.15, 0.2) is 47.6 Å². The van der Waals surface area contributed by atoms with E-state index in [-0.39, 0.29) is 10.9 Å². The summed E-state index contributed by atoms with van der Waals surface area (Å²) in [5.41, 5.74) is 4.29. The summed E-state index contributed by atoms with van der Waals surface area (Å²) in [5.74, 6) is 0.652. The van der Waals surface area contributed by atoms with Gasteiger partial charge < -0.3 is 4.57 Å². The SMILES string of the molecule is CCC(C)n1cnnc1-c1cc(C)c(C)cc1NS(=O)(=O)c1ccc(C)cc1. The lowest BCUT2D eigenvalue weighted by atomic mass is 10.0. The molecule has 1 N–H and O–H groups in total. The lowest BCUT2D eigenvalue weighted by Crippen LogP contribution is -2.15. The maximum atomic E-state index is 13.0. The zero-order chi connectivity index (χ0) is 20.5. The molecular weight excluding hydrogens is 372 g/mol. The standard InChI is InChI=1S/C21H26N4O2S/c1-6-17(5)25-13-22-23-21(25)19-11-15(3)16(4)12-20(19)24-28(26,27)18-9-7-14(2)8-10-18/h7-13,17,24H,6H2,1-5H3. The van der Waals surface area contributed by atoms with E-state index in [0.717, 1.165) is 28.7 Å². The Labute approximate surface area is 166 Å². The highest BCUT2D eigenvalue weighted by molar-refractivity contribution is 7.92. The molecule has 1 heterocycles. The summed E-state index contributed by atoms with van der Waals surface area (Å²) >= 11 is 0. The van der Waals surface area contributed by atoms with Crippen LogP contribution in [-0.2, 0) is 10.0 Å². The Bertz CT molecular complexity index is 1090. The summed E-state index contributed by atoms with van der Waals surface area (Å²) in [4.78, 5) is 0.227. The Balaban J connectivity index is 2.11. The van der Waals surface area contributed by atoms with E-state index in [0.29, 0.717) is 11.5 Å². The molecule has 3 rings (SSSR count). The molecule has 1 aromatic heterocycles. The van der Waals surface area contributed by atoms with Crippen molar-refractivity contribution in [2.75, 3.05) is 4.72 Å². The molecule has 1 atom stereocenters. The third-order valence-corrected chi connectivity index (χ3v) is 6.47. The quantitative estimate of drug-likeness (QED) is 0.656. The van der Waals surface area contributed by atoms with E-state index in [9.17, 15) is 8.42 Å². The van der Waals surface area contributed by atoms with Gasteiger partial charge in [0.05, 0.1) is 10.6 Å². The number of anilines is 1. The van der Waals surface area contributed by atoms with Crippen molar-refractivity contribution >= 4 is 15.7 Å². The Morgan fingerprint density at radius 2 is 1.71 bits per heavy atom. The van der Waals surface area contributed by atoms with Crippen LogP contribution in [0.4, 0.5) is 5.69 Å². The Kier molecular flexibility index (Phi) is 5.56. The molecular formula is C21H26N4O2S. The van der Waals surface area contributed by atoms with Gasteiger partial charge in [0, 0.05) is 11.6 Å². The number of rotatable bonds is 6. The van der Waals surface area contributed by atoms with Gasteiger partial charge in [-0.15, -0.1) is 10.2 Å². The smallest absolute Gasteiger partial charge is 0.261 e. The molecule has 0 aliphatic carbocycles. The van der Waals surface area contributed by atoms with E-state index in [1.807, 2.05) is 37.5 Å². The average molecular weight is 399 g/mol. The minimum absolute atomic E-state index is 0.202. The highest BCUT2D eigenvalue weighted by Gasteiger charge is 2.21. The van der Waals surface area contributed by atoms with Crippen LogP contribution in [0.25, 0.3) is 11.4 Å². The van der Waals surface area contributed by atoms with Crippen LogP contribution < -0.4 is 4.72 Å². The van der Waals surface area contributed by atoms with Gasteiger partial charge in [-0.3, -0.25) is 4.72 Å². The van der Waals surface area contributed by atoms with E-state index in [2.05, 4.69) is 28.8 Å². The highest BCUT2D eigenvalue weighted by Crippen LogP contribution is 2.33. The molecule has 6 nitrogen and oxygen atoms in total. The first-order chi connectivity index (χ1) is 13.2. The monoisotopic (exact) mass is 398 g/mol. The van der Waals surface area contributed by atoms with E-state index >= 15 is 0 Å². The molecule has 0 radical (unpaired) electrons. The first kappa shape index (κ1) is 20.1. The van der Waals surface area contributed by atoms with Gasteiger partial charge in [0.2, 0.25) is 0 Å². The van der Waals surface area contributed by atoms with Gasteiger partial charge in [0.25, 0.3) is 10.0 Å². The summed E-state index contributed by atoms with van der Waals surface area (Å²) in [5, 5.41) is 8.34.